The van der Waals surface area contributed by atoms with Crippen LogP contribution in [0.15, 0.2) is 60.7 Å². The molecule has 0 unspecified atom stereocenters. The summed E-state index contributed by atoms with van der Waals surface area (Å²) in [6.07, 6.45) is 0. The lowest BCUT2D eigenvalue weighted by Gasteiger charge is -2.12. The van der Waals surface area contributed by atoms with Gasteiger partial charge in [0, 0.05) is 33.0 Å². The molecule has 4 aromatic carbocycles. The molecule has 0 aliphatic carbocycles. The first-order valence-electron chi connectivity index (χ1n) is 11.5. The van der Waals surface area contributed by atoms with Crippen molar-refractivity contribution in [2.75, 3.05) is 0 Å². The van der Waals surface area contributed by atoms with Crippen LogP contribution >= 0.6 is 0 Å². The molecule has 0 fully saturated rings. The van der Waals surface area contributed by atoms with Crippen molar-refractivity contribution in [2.45, 2.75) is 39.3 Å². The molecule has 2 nitrogen and oxygen atoms in total. The minimum atomic E-state index is -1.46. The van der Waals surface area contributed by atoms with Gasteiger partial charge in [0.05, 0.1) is 0 Å². The maximum atomic E-state index is 11.1. The summed E-state index contributed by atoms with van der Waals surface area (Å²) >= 11 is 0. The predicted molar refractivity (Wildman–Crippen MR) is 151 cm³/mol. The van der Waals surface area contributed by atoms with E-state index >= 15 is 0 Å². The van der Waals surface area contributed by atoms with Crippen molar-refractivity contribution < 1.29 is 10.2 Å². The summed E-state index contributed by atoms with van der Waals surface area (Å²) in [5.41, 5.74) is 9.88. The molecule has 0 spiro atoms. The minimum absolute atomic E-state index is 0.162. The average molecular weight is 479 g/mol. The number of phenolic OH excluding ortho intramolecular Hbond substituents is 2. The summed E-state index contributed by atoms with van der Waals surface area (Å²) in [6, 6.07) is 19.4. The van der Waals surface area contributed by atoms with Gasteiger partial charge in [-0.05, 0) is 59.3 Å². The van der Waals surface area contributed by atoms with E-state index in [1.165, 1.54) is 0 Å². The monoisotopic (exact) mass is 478 g/mol. The summed E-state index contributed by atoms with van der Waals surface area (Å²) < 4.78 is 0. The Bertz CT molecular complexity index is 1430. The van der Waals surface area contributed by atoms with E-state index in [2.05, 4.69) is 62.2 Å². The van der Waals surface area contributed by atoms with E-state index in [1.54, 1.807) is 0 Å². The van der Waals surface area contributed by atoms with Crippen LogP contribution in [0.2, 0.25) is 39.3 Å². The second kappa shape index (κ2) is 8.72. The van der Waals surface area contributed by atoms with E-state index < -0.39 is 16.1 Å². The smallest absolute Gasteiger partial charge is 0.131 e. The number of phenols is 2. The number of aromatic hydroxyl groups is 2. The molecule has 0 amide bonds. The van der Waals surface area contributed by atoms with Crippen molar-refractivity contribution in [1.29, 1.82) is 0 Å². The summed E-state index contributed by atoms with van der Waals surface area (Å²) in [7, 11) is -2.92. The topological polar surface area (TPSA) is 40.5 Å². The molecule has 0 aromatic heterocycles. The molecule has 34 heavy (non-hydrogen) atoms. The zero-order valence-corrected chi connectivity index (χ0v) is 22.7. The maximum Gasteiger partial charge on any atom is 0.131 e. The van der Waals surface area contributed by atoms with Crippen LogP contribution in [-0.4, -0.2) is 26.4 Å². The lowest BCUT2D eigenvalue weighted by molar-refractivity contribution is 0.475. The van der Waals surface area contributed by atoms with E-state index in [0.29, 0.717) is 11.1 Å². The van der Waals surface area contributed by atoms with Gasteiger partial charge in [-0.25, -0.2) is 0 Å². The second-order valence-corrected chi connectivity index (χ2v) is 20.3. The molecule has 4 aromatic rings. The van der Waals surface area contributed by atoms with Crippen molar-refractivity contribution in [1.82, 2.24) is 0 Å². The summed E-state index contributed by atoms with van der Waals surface area (Å²) in [5.74, 6) is 6.88. The highest BCUT2D eigenvalue weighted by Gasteiger charge is 2.15. The average Bonchev–Trinajstić information content (AvgIpc) is 2.76. The van der Waals surface area contributed by atoms with E-state index in [0.717, 1.165) is 32.7 Å². The maximum absolute atomic E-state index is 11.1. The fourth-order valence-electron chi connectivity index (χ4n) is 3.74. The normalized spacial score (nSPS) is 11.6. The van der Waals surface area contributed by atoms with Crippen molar-refractivity contribution in [2.24, 2.45) is 0 Å². The minimum Gasteiger partial charge on any atom is -0.507 e. The van der Waals surface area contributed by atoms with Gasteiger partial charge in [-0.3, -0.25) is 0 Å². The Morgan fingerprint density at radius 3 is 1.26 bits per heavy atom. The Balaban J connectivity index is 1.77. The third-order valence-electron chi connectivity index (χ3n) is 5.44. The molecule has 0 aliphatic rings. The molecule has 2 N–H and O–H groups in total. The van der Waals surface area contributed by atoms with Crippen LogP contribution in [0.1, 0.15) is 11.1 Å². The van der Waals surface area contributed by atoms with E-state index in [9.17, 15) is 10.2 Å². The lowest BCUT2D eigenvalue weighted by atomic mass is 9.95. The van der Waals surface area contributed by atoms with Crippen LogP contribution in [0.3, 0.4) is 0 Å². The van der Waals surface area contributed by atoms with Gasteiger partial charge in [0.15, 0.2) is 0 Å². The number of rotatable bonds is 1. The molecular weight excluding hydrogens is 449 g/mol. The number of fused-ring (bicyclic) bond motifs is 2. The molecule has 4 heteroatoms. The van der Waals surface area contributed by atoms with Gasteiger partial charge in [-0.15, -0.1) is 11.1 Å². The van der Waals surface area contributed by atoms with Crippen molar-refractivity contribution in [3.05, 3.63) is 71.8 Å². The first kappa shape index (κ1) is 23.7. The Morgan fingerprint density at radius 1 is 0.529 bits per heavy atom. The third-order valence-corrected chi connectivity index (χ3v) is 7.19. The van der Waals surface area contributed by atoms with Gasteiger partial charge in [-0.2, -0.15) is 0 Å². The van der Waals surface area contributed by atoms with Gasteiger partial charge in [-0.1, -0.05) is 63.3 Å². The molecule has 4 rings (SSSR count). The lowest BCUT2D eigenvalue weighted by Crippen LogP contribution is -2.16. The predicted octanol–water partition coefficient (Wildman–Crippen LogP) is 7.53. The molecule has 0 aliphatic heterocycles. The van der Waals surface area contributed by atoms with Gasteiger partial charge in [0.25, 0.3) is 0 Å². The fraction of sp³-hybridized carbons (Fsp3) is 0.200. The molecular formula is C30H30O2Si2. The van der Waals surface area contributed by atoms with Crippen LogP contribution in [0.4, 0.5) is 0 Å². The van der Waals surface area contributed by atoms with Crippen molar-refractivity contribution in [3.63, 3.8) is 0 Å². The second-order valence-electron chi connectivity index (χ2n) is 10.8. The summed E-state index contributed by atoms with van der Waals surface area (Å²) in [5, 5.41) is 25.5. The summed E-state index contributed by atoms with van der Waals surface area (Å²) in [4.78, 5) is 0. The molecule has 0 atom stereocenters. The molecule has 0 saturated carbocycles. The molecule has 0 heterocycles. The molecule has 0 bridgehead atoms. The van der Waals surface area contributed by atoms with E-state index in [1.807, 2.05) is 60.7 Å². The van der Waals surface area contributed by atoms with Crippen LogP contribution < -0.4 is 0 Å². The molecule has 0 radical (unpaired) electrons. The van der Waals surface area contributed by atoms with Gasteiger partial charge in [0.2, 0.25) is 0 Å². The quantitative estimate of drug-likeness (QED) is 0.219. The number of benzene rings is 4. The van der Waals surface area contributed by atoms with Crippen molar-refractivity contribution in [3.8, 4) is 45.6 Å². The van der Waals surface area contributed by atoms with Gasteiger partial charge in [0.1, 0.15) is 27.6 Å². The van der Waals surface area contributed by atoms with Crippen LogP contribution in [0.5, 0.6) is 11.5 Å². The summed E-state index contributed by atoms with van der Waals surface area (Å²) in [6.45, 7) is 13.3. The van der Waals surface area contributed by atoms with Gasteiger partial charge >= 0.3 is 0 Å². The highest BCUT2D eigenvalue weighted by molar-refractivity contribution is 6.84. The van der Waals surface area contributed by atoms with Crippen LogP contribution in [0, 0.1) is 22.9 Å². The van der Waals surface area contributed by atoms with E-state index in [-0.39, 0.29) is 11.5 Å². The van der Waals surface area contributed by atoms with Crippen molar-refractivity contribution >= 4 is 37.7 Å². The molecule has 170 valence electrons. The Hall–Kier alpha value is -3.45. The number of hydrogen-bond acceptors (Lipinski definition) is 2. The standard InChI is InChI=1S/C30H30O2Si2/c1-33(2,3)17-15-21-7-11-25-23(19-21)9-13-27(29(25)31)28-14-10-24-20-22(16-18-34(4,5)6)8-12-26(24)30(28)32/h7-14,19-20,31-32H,1-6H3. The van der Waals surface area contributed by atoms with Crippen LogP contribution in [0.25, 0.3) is 32.7 Å². The Morgan fingerprint density at radius 2 is 0.912 bits per heavy atom. The number of hydrogen-bond donors (Lipinski definition) is 2. The third kappa shape index (κ3) is 5.20. The largest absolute Gasteiger partial charge is 0.507 e. The highest BCUT2D eigenvalue weighted by atomic mass is 28.3. The Kier molecular flexibility index (Phi) is 6.08. The van der Waals surface area contributed by atoms with E-state index in [4.69, 9.17) is 0 Å². The van der Waals surface area contributed by atoms with Gasteiger partial charge < -0.3 is 10.2 Å². The Labute approximate surface area is 204 Å². The SMILES string of the molecule is C[Si](C)(C)C#Cc1ccc2c(O)c(-c3ccc4cc(C#C[Si](C)(C)C)ccc4c3O)ccc2c1. The first-order chi connectivity index (χ1) is 15.9. The zero-order chi connectivity index (χ0) is 24.7. The first-order valence-corrected chi connectivity index (χ1v) is 18.5. The zero-order valence-electron chi connectivity index (χ0n) is 20.7. The fourth-order valence-corrected chi connectivity index (χ4v) is 4.78. The highest BCUT2D eigenvalue weighted by Crippen LogP contribution is 2.42. The van der Waals surface area contributed by atoms with Crippen LogP contribution in [-0.2, 0) is 0 Å². The molecule has 0 saturated heterocycles.